The van der Waals surface area contributed by atoms with Crippen LogP contribution in [0.25, 0.3) is 0 Å². The lowest BCUT2D eigenvalue weighted by Gasteiger charge is -2.20. The first-order valence-electron chi connectivity index (χ1n) is 3.86. The molecule has 0 aliphatic heterocycles. The van der Waals surface area contributed by atoms with Crippen molar-refractivity contribution in [3.63, 3.8) is 0 Å². The van der Waals surface area contributed by atoms with Gasteiger partial charge >= 0.3 is 12.4 Å². The predicted molar refractivity (Wildman–Crippen MR) is 45.4 cm³/mol. The molecule has 0 heterocycles. The van der Waals surface area contributed by atoms with Gasteiger partial charge in [-0.25, -0.2) is 0 Å². The Labute approximate surface area is 89.8 Å². The number of hydrogen-bond donors (Lipinski definition) is 0. The van der Waals surface area contributed by atoms with E-state index in [2.05, 4.69) is 15.9 Å². The van der Waals surface area contributed by atoms with Crippen molar-refractivity contribution in [3.8, 4) is 0 Å². The molecule has 15 heavy (non-hydrogen) atoms. The SMILES string of the molecule is FC(F)(F)C1=CC(C(F)(F)F)=C(Br)CC1. The minimum absolute atomic E-state index is 0.160. The van der Waals surface area contributed by atoms with Crippen LogP contribution in [0.15, 0.2) is 21.7 Å². The Morgan fingerprint density at radius 2 is 1.47 bits per heavy atom. The molecule has 86 valence electrons. The lowest BCUT2D eigenvalue weighted by molar-refractivity contribution is -0.0987. The molecule has 0 nitrogen and oxygen atoms in total. The summed E-state index contributed by atoms with van der Waals surface area (Å²) in [7, 11) is 0. The highest BCUT2D eigenvalue weighted by Gasteiger charge is 2.41. The second kappa shape index (κ2) is 3.84. The van der Waals surface area contributed by atoms with Crippen molar-refractivity contribution in [3.05, 3.63) is 21.7 Å². The first kappa shape index (κ1) is 12.6. The quantitative estimate of drug-likeness (QED) is 0.578. The van der Waals surface area contributed by atoms with Crippen molar-refractivity contribution >= 4 is 15.9 Å². The van der Waals surface area contributed by atoms with Crippen LogP contribution in [0.4, 0.5) is 26.3 Å². The normalized spacial score (nSPS) is 19.3. The summed E-state index contributed by atoms with van der Waals surface area (Å²) >= 11 is 2.63. The summed E-state index contributed by atoms with van der Waals surface area (Å²) in [5.74, 6) is 0. The van der Waals surface area contributed by atoms with Gasteiger partial charge in [-0.2, -0.15) is 26.3 Å². The van der Waals surface area contributed by atoms with Gasteiger partial charge in [0.25, 0.3) is 0 Å². The van der Waals surface area contributed by atoms with E-state index < -0.39 is 29.9 Å². The molecule has 1 rings (SSSR count). The third-order valence-corrected chi connectivity index (χ3v) is 2.72. The molecule has 0 aromatic carbocycles. The second-order valence-electron chi connectivity index (χ2n) is 2.98. The molecule has 0 amide bonds. The van der Waals surface area contributed by atoms with E-state index in [4.69, 9.17) is 0 Å². The Bertz CT molecular complexity index is 319. The zero-order valence-electron chi connectivity index (χ0n) is 7.14. The minimum atomic E-state index is -4.75. The Balaban J connectivity index is 3.11. The van der Waals surface area contributed by atoms with Crippen LogP contribution in [0.3, 0.4) is 0 Å². The van der Waals surface area contributed by atoms with Crippen LogP contribution in [0.2, 0.25) is 0 Å². The first-order valence-corrected chi connectivity index (χ1v) is 4.65. The maximum Gasteiger partial charge on any atom is 0.417 e. The number of hydrogen-bond acceptors (Lipinski definition) is 0. The van der Waals surface area contributed by atoms with Gasteiger partial charge in [-0.1, -0.05) is 15.9 Å². The van der Waals surface area contributed by atoms with E-state index in [9.17, 15) is 26.3 Å². The fourth-order valence-corrected chi connectivity index (χ4v) is 1.70. The second-order valence-corrected chi connectivity index (χ2v) is 3.94. The van der Waals surface area contributed by atoms with Crippen LogP contribution in [0, 0.1) is 0 Å². The fourth-order valence-electron chi connectivity index (χ4n) is 1.16. The van der Waals surface area contributed by atoms with Crippen LogP contribution < -0.4 is 0 Å². The lowest BCUT2D eigenvalue weighted by atomic mass is 9.99. The molecule has 0 fully saturated rings. The molecule has 0 spiro atoms. The number of allylic oxidation sites excluding steroid dienone is 4. The zero-order valence-corrected chi connectivity index (χ0v) is 8.72. The van der Waals surface area contributed by atoms with Crippen molar-refractivity contribution in [2.24, 2.45) is 0 Å². The maximum absolute atomic E-state index is 12.3. The Morgan fingerprint density at radius 1 is 0.933 bits per heavy atom. The van der Waals surface area contributed by atoms with Gasteiger partial charge in [-0.15, -0.1) is 0 Å². The molecule has 0 aromatic heterocycles. The van der Waals surface area contributed by atoms with E-state index in [1.807, 2.05) is 0 Å². The smallest absolute Gasteiger partial charge is 0.166 e. The van der Waals surface area contributed by atoms with Crippen LogP contribution in [-0.4, -0.2) is 12.4 Å². The highest BCUT2D eigenvalue weighted by atomic mass is 79.9. The third kappa shape index (κ3) is 2.99. The van der Waals surface area contributed by atoms with Gasteiger partial charge in [0.2, 0.25) is 0 Å². The summed E-state index contributed by atoms with van der Waals surface area (Å²) < 4.78 is 73.0. The molecule has 0 bridgehead atoms. The zero-order chi connectivity index (χ0) is 11.9. The molecule has 0 saturated heterocycles. The maximum atomic E-state index is 12.3. The van der Waals surface area contributed by atoms with Gasteiger partial charge in [-0.05, 0) is 18.9 Å². The largest absolute Gasteiger partial charge is 0.417 e. The summed E-state index contributed by atoms with van der Waals surface area (Å²) in [5, 5.41) is 0. The van der Waals surface area contributed by atoms with E-state index in [0.29, 0.717) is 0 Å². The molecule has 1 aliphatic rings. The van der Waals surface area contributed by atoms with E-state index in [1.165, 1.54) is 0 Å². The van der Waals surface area contributed by atoms with Crippen LogP contribution in [-0.2, 0) is 0 Å². The van der Waals surface area contributed by atoms with Gasteiger partial charge in [-0.3, -0.25) is 0 Å². The Hall–Kier alpha value is -0.460. The topological polar surface area (TPSA) is 0 Å². The molecular formula is C8H5BrF6. The van der Waals surface area contributed by atoms with E-state index in [-0.39, 0.29) is 17.0 Å². The van der Waals surface area contributed by atoms with Crippen molar-refractivity contribution in [2.75, 3.05) is 0 Å². The van der Waals surface area contributed by atoms with Crippen LogP contribution >= 0.6 is 15.9 Å². The van der Waals surface area contributed by atoms with Crippen LogP contribution in [0.1, 0.15) is 12.8 Å². The molecular weight excluding hydrogens is 290 g/mol. The van der Waals surface area contributed by atoms with E-state index in [0.717, 1.165) is 0 Å². The monoisotopic (exact) mass is 294 g/mol. The van der Waals surface area contributed by atoms with Gasteiger partial charge in [0.1, 0.15) is 0 Å². The molecule has 0 saturated carbocycles. The van der Waals surface area contributed by atoms with E-state index in [1.54, 1.807) is 0 Å². The number of rotatable bonds is 0. The van der Waals surface area contributed by atoms with Crippen molar-refractivity contribution in [1.82, 2.24) is 0 Å². The number of halogens is 7. The average Bonchev–Trinajstić information content (AvgIpc) is 2.00. The van der Waals surface area contributed by atoms with Crippen molar-refractivity contribution in [1.29, 1.82) is 0 Å². The third-order valence-electron chi connectivity index (χ3n) is 1.89. The Morgan fingerprint density at radius 3 is 1.87 bits per heavy atom. The molecule has 0 N–H and O–H groups in total. The van der Waals surface area contributed by atoms with Gasteiger partial charge in [0.15, 0.2) is 0 Å². The van der Waals surface area contributed by atoms with Gasteiger partial charge in [0, 0.05) is 10.1 Å². The summed E-state index contributed by atoms with van der Waals surface area (Å²) in [4.78, 5) is 0. The van der Waals surface area contributed by atoms with Crippen molar-refractivity contribution < 1.29 is 26.3 Å². The molecule has 0 atom stereocenters. The molecule has 0 unspecified atom stereocenters. The summed E-state index contributed by atoms with van der Waals surface area (Å²) in [6.07, 6.45) is -9.99. The molecule has 0 radical (unpaired) electrons. The Kier molecular flexibility index (Phi) is 3.23. The standard InChI is InChI=1S/C8H5BrF6/c9-6-2-1-4(7(10,11)12)3-5(6)8(13,14)15/h3H,1-2H2. The first-order chi connectivity index (χ1) is 6.62. The average molecular weight is 295 g/mol. The van der Waals surface area contributed by atoms with Crippen molar-refractivity contribution in [2.45, 2.75) is 25.2 Å². The number of alkyl halides is 6. The highest BCUT2D eigenvalue weighted by molar-refractivity contribution is 9.11. The molecule has 7 heteroatoms. The van der Waals surface area contributed by atoms with Gasteiger partial charge < -0.3 is 0 Å². The van der Waals surface area contributed by atoms with Gasteiger partial charge in [0.05, 0.1) is 5.57 Å². The van der Waals surface area contributed by atoms with E-state index >= 15 is 0 Å². The molecule has 1 aliphatic carbocycles. The predicted octanol–water partition coefficient (Wildman–Crippen LogP) is 4.48. The van der Waals surface area contributed by atoms with Crippen LogP contribution in [0.5, 0.6) is 0 Å². The summed E-state index contributed by atoms with van der Waals surface area (Å²) in [6.45, 7) is 0. The minimum Gasteiger partial charge on any atom is -0.166 e. The fraction of sp³-hybridized carbons (Fsp3) is 0.500. The summed E-state index contributed by atoms with van der Waals surface area (Å²) in [6, 6.07) is 0. The molecule has 0 aromatic rings. The lowest BCUT2D eigenvalue weighted by Crippen LogP contribution is -2.20. The highest BCUT2D eigenvalue weighted by Crippen LogP contribution is 2.42. The summed E-state index contributed by atoms with van der Waals surface area (Å²) in [5.41, 5.74) is -2.39.